The molecule has 1 fully saturated rings. The van der Waals surface area contributed by atoms with Crippen LogP contribution in [0.2, 0.25) is 0 Å². The minimum absolute atomic E-state index is 0.247. The molecule has 3 heteroatoms. The number of likely N-dealkylation sites (tertiary alicyclic amines) is 1. The summed E-state index contributed by atoms with van der Waals surface area (Å²) in [4.78, 5) is 13.2. The van der Waals surface area contributed by atoms with Crippen LogP contribution in [-0.2, 0) is 4.79 Å². The van der Waals surface area contributed by atoms with Crippen LogP contribution in [0.4, 0.5) is 0 Å². The molecule has 78 valence electrons. The lowest BCUT2D eigenvalue weighted by atomic mass is 9.90. The van der Waals surface area contributed by atoms with Gasteiger partial charge in [-0.3, -0.25) is 4.79 Å². The fourth-order valence-corrected chi connectivity index (χ4v) is 1.71. The summed E-state index contributed by atoms with van der Waals surface area (Å²) in [7, 11) is 0. The van der Waals surface area contributed by atoms with E-state index in [4.69, 9.17) is 5.26 Å². The maximum absolute atomic E-state index is 11.3. The number of rotatable bonds is 4. The van der Waals surface area contributed by atoms with Gasteiger partial charge in [0.2, 0.25) is 5.91 Å². The molecular formula is C11H18N2O. The molecule has 0 saturated carbocycles. The predicted molar refractivity (Wildman–Crippen MR) is 54.4 cm³/mol. The van der Waals surface area contributed by atoms with E-state index in [0.29, 0.717) is 6.42 Å². The van der Waals surface area contributed by atoms with E-state index in [1.807, 2.05) is 18.7 Å². The van der Waals surface area contributed by atoms with Gasteiger partial charge < -0.3 is 4.90 Å². The number of amides is 1. The van der Waals surface area contributed by atoms with Crippen LogP contribution in [-0.4, -0.2) is 23.9 Å². The first kappa shape index (κ1) is 11.0. The van der Waals surface area contributed by atoms with Crippen molar-refractivity contribution >= 4 is 5.91 Å². The first-order valence-electron chi connectivity index (χ1n) is 5.24. The van der Waals surface area contributed by atoms with Gasteiger partial charge in [0.1, 0.15) is 0 Å². The molecule has 0 atom stereocenters. The van der Waals surface area contributed by atoms with Crippen LogP contribution >= 0.6 is 0 Å². The maximum atomic E-state index is 11.3. The van der Waals surface area contributed by atoms with Crippen LogP contribution in [0.5, 0.6) is 0 Å². The molecule has 0 aromatic carbocycles. The zero-order valence-corrected chi connectivity index (χ0v) is 9.05. The Morgan fingerprint density at radius 1 is 1.57 bits per heavy atom. The molecule has 0 aromatic rings. The Balaban J connectivity index is 2.22. The third-order valence-electron chi connectivity index (χ3n) is 2.70. The summed E-state index contributed by atoms with van der Waals surface area (Å²) in [5.41, 5.74) is -0.247. The Morgan fingerprint density at radius 2 is 2.29 bits per heavy atom. The number of hydrogen-bond donors (Lipinski definition) is 0. The third-order valence-corrected chi connectivity index (χ3v) is 2.70. The lowest BCUT2D eigenvalue weighted by Crippen LogP contribution is -2.26. The summed E-state index contributed by atoms with van der Waals surface area (Å²) >= 11 is 0. The van der Waals surface area contributed by atoms with Gasteiger partial charge in [-0.25, -0.2) is 0 Å². The van der Waals surface area contributed by atoms with Crippen molar-refractivity contribution < 1.29 is 4.79 Å². The molecule has 1 amide bonds. The first-order valence-corrected chi connectivity index (χ1v) is 5.24. The second-order valence-corrected chi connectivity index (χ2v) is 4.58. The van der Waals surface area contributed by atoms with E-state index in [2.05, 4.69) is 6.07 Å². The number of hydrogen-bond acceptors (Lipinski definition) is 2. The molecule has 0 bridgehead atoms. The molecule has 0 aromatic heterocycles. The summed E-state index contributed by atoms with van der Waals surface area (Å²) in [6.07, 6.45) is 3.52. The zero-order chi connectivity index (χ0) is 10.6. The molecule has 0 radical (unpaired) electrons. The van der Waals surface area contributed by atoms with Crippen molar-refractivity contribution in [1.29, 1.82) is 5.26 Å². The van der Waals surface area contributed by atoms with Gasteiger partial charge in [0.15, 0.2) is 0 Å². The first-order chi connectivity index (χ1) is 6.55. The second kappa shape index (κ2) is 4.45. The van der Waals surface area contributed by atoms with Crippen molar-refractivity contribution in [2.75, 3.05) is 13.1 Å². The minimum Gasteiger partial charge on any atom is -0.343 e. The SMILES string of the molecule is CC(C)(C#N)CCCN1CCCC1=O. The van der Waals surface area contributed by atoms with Gasteiger partial charge in [0, 0.05) is 19.5 Å². The third kappa shape index (κ3) is 3.02. The van der Waals surface area contributed by atoms with Crippen LogP contribution in [0.1, 0.15) is 39.5 Å². The van der Waals surface area contributed by atoms with Crippen LogP contribution in [0.3, 0.4) is 0 Å². The highest BCUT2D eigenvalue weighted by Gasteiger charge is 2.21. The number of nitriles is 1. The largest absolute Gasteiger partial charge is 0.343 e. The Hall–Kier alpha value is -1.04. The molecule has 1 aliphatic heterocycles. The van der Waals surface area contributed by atoms with Crippen LogP contribution < -0.4 is 0 Å². The number of carbonyl (C=O) groups is 1. The highest BCUT2D eigenvalue weighted by atomic mass is 16.2. The smallest absolute Gasteiger partial charge is 0.222 e. The fourth-order valence-electron chi connectivity index (χ4n) is 1.71. The van der Waals surface area contributed by atoms with E-state index in [9.17, 15) is 4.79 Å². The molecule has 3 nitrogen and oxygen atoms in total. The van der Waals surface area contributed by atoms with E-state index < -0.39 is 0 Å². The fraction of sp³-hybridized carbons (Fsp3) is 0.818. The van der Waals surface area contributed by atoms with Crippen molar-refractivity contribution in [1.82, 2.24) is 4.90 Å². The van der Waals surface area contributed by atoms with E-state index >= 15 is 0 Å². The average Bonchev–Trinajstić information content (AvgIpc) is 2.52. The average molecular weight is 194 g/mol. The van der Waals surface area contributed by atoms with Gasteiger partial charge in [0.05, 0.1) is 11.5 Å². The second-order valence-electron chi connectivity index (χ2n) is 4.58. The molecule has 0 spiro atoms. The van der Waals surface area contributed by atoms with E-state index in [0.717, 1.165) is 32.4 Å². The summed E-state index contributed by atoms with van der Waals surface area (Å²) in [6, 6.07) is 2.27. The van der Waals surface area contributed by atoms with Crippen LogP contribution in [0, 0.1) is 16.7 Å². The zero-order valence-electron chi connectivity index (χ0n) is 9.05. The number of nitrogens with zero attached hydrogens (tertiary/aromatic N) is 2. The predicted octanol–water partition coefficient (Wildman–Crippen LogP) is 1.94. The molecule has 1 aliphatic rings. The maximum Gasteiger partial charge on any atom is 0.222 e. The molecular weight excluding hydrogens is 176 g/mol. The summed E-state index contributed by atoms with van der Waals surface area (Å²) in [5, 5.41) is 8.81. The highest BCUT2D eigenvalue weighted by Crippen LogP contribution is 2.21. The highest BCUT2D eigenvalue weighted by molar-refractivity contribution is 5.77. The Kier molecular flexibility index (Phi) is 3.51. The van der Waals surface area contributed by atoms with E-state index in [1.165, 1.54) is 0 Å². The summed E-state index contributed by atoms with van der Waals surface area (Å²) < 4.78 is 0. The van der Waals surface area contributed by atoms with Crippen molar-refractivity contribution in [3.8, 4) is 6.07 Å². The standard InChI is InChI=1S/C11H18N2O/c1-11(2,9-12)6-4-8-13-7-3-5-10(13)14/h3-8H2,1-2H3. The number of carbonyl (C=O) groups excluding carboxylic acids is 1. The van der Waals surface area contributed by atoms with E-state index in [1.54, 1.807) is 0 Å². The van der Waals surface area contributed by atoms with Gasteiger partial charge in [0.25, 0.3) is 0 Å². The van der Waals surface area contributed by atoms with Gasteiger partial charge in [-0.2, -0.15) is 5.26 Å². The molecule has 0 N–H and O–H groups in total. The normalized spacial score (nSPS) is 17.2. The molecule has 14 heavy (non-hydrogen) atoms. The van der Waals surface area contributed by atoms with Crippen molar-refractivity contribution in [2.45, 2.75) is 39.5 Å². The molecule has 0 unspecified atom stereocenters. The van der Waals surface area contributed by atoms with Crippen molar-refractivity contribution in [3.05, 3.63) is 0 Å². The summed E-state index contributed by atoms with van der Waals surface area (Å²) in [6.45, 7) is 5.62. The minimum atomic E-state index is -0.247. The molecule has 1 saturated heterocycles. The van der Waals surface area contributed by atoms with E-state index in [-0.39, 0.29) is 11.3 Å². The van der Waals surface area contributed by atoms with Crippen molar-refractivity contribution in [3.63, 3.8) is 0 Å². The summed E-state index contributed by atoms with van der Waals surface area (Å²) in [5.74, 6) is 0.278. The van der Waals surface area contributed by atoms with Gasteiger partial charge in [-0.15, -0.1) is 0 Å². The molecule has 1 rings (SSSR count). The Morgan fingerprint density at radius 3 is 2.79 bits per heavy atom. The van der Waals surface area contributed by atoms with Crippen molar-refractivity contribution in [2.24, 2.45) is 5.41 Å². The van der Waals surface area contributed by atoms with Gasteiger partial charge in [-0.05, 0) is 33.1 Å². The molecule has 1 heterocycles. The lowest BCUT2D eigenvalue weighted by Gasteiger charge is -2.19. The topological polar surface area (TPSA) is 44.1 Å². The Labute approximate surface area is 85.7 Å². The lowest BCUT2D eigenvalue weighted by molar-refractivity contribution is -0.127. The Bertz CT molecular complexity index is 253. The van der Waals surface area contributed by atoms with Crippen LogP contribution in [0.15, 0.2) is 0 Å². The van der Waals surface area contributed by atoms with Crippen LogP contribution in [0.25, 0.3) is 0 Å². The molecule has 0 aliphatic carbocycles. The monoisotopic (exact) mass is 194 g/mol. The van der Waals surface area contributed by atoms with Gasteiger partial charge >= 0.3 is 0 Å². The van der Waals surface area contributed by atoms with Gasteiger partial charge in [-0.1, -0.05) is 0 Å². The quantitative estimate of drug-likeness (QED) is 0.686.